The summed E-state index contributed by atoms with van der Waals surface area (Å²) in [5.74, 6) is 0.0584. The first-order chi connectivity index (χ1) is 21.0. The summed E-state index contributed by atoms with van der Waals surface area (Å²) in [5.41, 5.74) is 4.91. The number of hydrogen-bond acceptors (Lipinski definition) is 10. The lowest BCUT2D eigenvalue weighted by molar-refractivity contribution is -0.0594. The number of nitrogen functional groups attached to an aromatic ring is 1. The third-order valence-corrected chi connectivity index (χ3v) is 19.5. The molecule has 2 aliphatic rings. The molecule has 45 heavy (non-hydrogen) atoms. The number of imidazole rings is 1. The van der Waals surface area contributed by atoms with Crippen LogP contribution in [-0.2, 0) is 22.4 Å². The SMILES string of the molecule is CCCCCOC(=O)N(C)c1nc(N)nc2c1ncn2[C@@H]1O[C@@H]2CO[Si](C(C)C)(C(C)C)O[Si](C(C)C)(C(C)C)O[C@H]2[C@@]1(C)F. The number of nitrogens with two attached hydrogens (primary N) is 1. The maximum absolute atomic E-state index is 17.4. The van der Waals surface area contributed by atoms with Crippen LogP contribution < -0.4 is 10.6 Å². The summed E-state index contributed by atoms with van der Waals surface area (Å²) in [4.78, 5) is 27.2. The topological polar surface area (TPSA) is 136 Å². The maximum atomic E-state index is 17.4. The molecule has 2 saturated heterocycles. The first-order valence-electron chi connectivity index (χ1n) is 16.3. The maximum Gasteiger partial charge on any atom is 0.415 e. The van der Waals surface area contributed by atoms with Gasteiger partial charge in [0, 0.05) is 7.05 Å². The number of alkyl halides is 1. The number of carbonyl (C=O) groups is 1. The average Bonchev–Trinajstić information content (AvgIpc) is 3.46. The van der Waals surface area contributed by atoms with Crippen LogP contribution in [0, 0.1) is 0 Å². The van der Waals surface area contributed by atoms with Crippen LogP contribution in [0.2, 0.25) is 22.2 Å². The Morgan fingerprint density at radius 1 is 1.11 bits per heavy atom. The summed E-state index contributed by atoms with van der Waals surface area (Å²) in [6, 6.07) is 0. The van der Waals surface area contributed by atoms with Crippen molar-refractivity contribution < 1.29 is 31.6 Å². The van der Waals surface area contributed by atoms with Gasteiger partial charge in [-0.05, 0) is 35.5 Å². The molecule has 15 heteroatoms. The number of fused-ring (bicyclic) bond motifs is 2. The van der Waals surface area contributed by atoms with Gasteiger partial charge in [-0.25, -0.2) is 14.2 Å². The lowest BCUT2D eigenvalue weighted by atomic mass is 9.98. The Balaban J connectivity index is 1.75. The molecule has 2 fully saturated rings. The summed E-state index contributed by atoms with van der Waals surface area (Å²) < 4.78 is 51.9. The van der Waals surface area contributed by atoms with Gasteiger partial charge in [0.15, 0.2) is 28.9 Å². The highest BCUT2D eigenvalue weighted by molar-refractivity contribution is 6.84. The van der Waals surface area contributed by atoms with Gasteiger partial charge in [-0.3, -0.25) is 9.47 Å². The molecule has 4 heterocycles. The number of halogens is 1. The van der Waals surface area contributed by atoms with Crippen LogP contribution in [-0.4, -0.2) is 80.9 Å². The fourth-order valence-electron chi connectivity index (χ4n) is 6.67. The molecule has 0 aromatic carbocycles. The van der Waals surface area contributed by atoms with E-state index in [2.05, 4.69) is 77.3 Å². The molecule has 4 atom stereocenters. The molecule has 0 unspecified atom stereocenters. The predicted molar refractivity (Wildman–Crippen MR) is 176 cm³/mol. The molecule has 4 rings (SSSR count). The van der Waals surface area contributed by atoms with E-state index in [1.807, 2.05) is 0 Å². The van der Waals surface area contributed by atoms with Crippen molar-refractivity contribution in [1.29, 1.82) is 0 Å². The van der Waals surface area contributed by atoms with Gasteiger partial charge in [-0.1, -0.05) is 75.2 Å². The zero-order valence-electron chi connectivity index (χ0n) is 28.8. The van der Waals surface area contributed by atoms with Crippen molar-refractivity contribution in [2.75, 3.05) is 30.9 Å². The van der Waals surface area contributed by atoms with Crippen molar-refractivity contribution in [3.8, 4) is 0 Å². The Morgan fingerprint density at radius 3 is 2.31 bits per heavy atom. The zero-order chi connectivity index (χ0) is 33.5. The molecule has 0 spiro atoms. The second kappa shape index (κ2) is 13.5. The number of aromatic nitrogens is 4. The van der Waals surface area contributed by atoms with E-state index < -0.39 is 47.3 Å². The Hall–Kier alpha value is -2.18. The van der Waals surface area contributed by atoms with E-state index in [-0.39, 0.29) is 58.3 Å². The van der Waals surface area contributed by atoms with Crippen molar-refractivity contribution >= 4 is 46.1 Å². The van der Waals surface area contributed by atoms with Gasteiger partial charge in [0.25, 0.3) is 0 Å². The van der Waals surface area contributed by atoms with Gasteiger partial charge in [0.1, 0.15) is 12.2 Å². The summed E-state index contributed by atoms with van der Waals surface area (Å²) in [6.45, 7) is 20.9. The normalized spacial score (nSPS) is 26.4. The minimum atomic E-state index is -3.10. The summed E-state index contributed by atoms with van der Waals surface area (Å²) in [7, 11) is -4.41. The Morgan fingerprint density at radius 2 is 1.73 bits per heavy atom. The van der Waals surface area contributed by atoms with E-state index in [4.69, 9.17) is 28.2 Å². The third kappa shape index (κ3) is 6.40. The van der Waals surface area contributed by atoms with Crippen LogP contribution >= 0.6 is 0 Å². The van der Waals surface area contributed by atoms with E-state index in [0.29, 0.717) is 0 Å². The predicted octanol–water partition coefficient (Wildman–Crippen LogP) is 6.75. The van der Waals surface area contributed by atoms with Crippen molar-refractivity contribution in [3.63, 3.8) is 0 Å². The Bertz CT molecular complexity index is 1330. The molecule has 0 aliphatic carbocycles. The van der Waals surface area contributed by atoms with Crippen molar-refractivity contribution in [3.05, 3.63) is 6.33 Å². The van der Waals surface area contributed by atoms with Gasteiger partial charge in [-0.15, -0.1) is 0 Å². The van der Waals surface area contributed by atoms with Crippen LogP contribution in [0.15, 0.2) is 6.33 Å². The van der Waals surface area contributed by atoms with E-state index in [9.17, 15) is 4.79 Å². The second-order valence-electron chi connectivity index (χ2n) is 13.8. The van der Waals surface area contributed by atoms with Gasteiger partial charge in [0.05, 0.1) is 19.5 Å². The number of rotatable bonds is 10. The molecule has 2 N–H and O–H groups in total. The molecule has 254 valence electrons. The number of carbonyl (C=O) groups excluding carboxylic acids is 1. The molecule has 1 amide bonds. The number of amides is 1. The molecular weight excluding hydrogens is 616 g/mol. The molecule has 0 bridgehead atoms. The minimum absolute atomic E-state index is 0.0283. The molecular formula is C30H53FN6O6Si2. The quantitative estimate of drug-likeness (QED) is 0.214. The van der Waals surface area contributed by atoms with Crippen LogP contribution in [0.25, 0.3) is 11.2 Å². The Labute approximate surface area is 269 Å². The van der Waals surface area contributed by atoms with E-state index in [1.54, 1.807) is 0 Å². The number of hydrogen-bond donors (Lipinski definition) is 1. The fourth-order valence-corrected chi connectivity index (χ4v) is 17.9. The van der Waals surface area contributed by atoms with Crippen molar-refractivity contribution in [2.24, 2.45) is 0 Å². The van der Waals surface area contributed by atoms with Crippen LogP contribution in [0.3, 0.4) is 0 Å². The molecule has 2 aromatic heterocycles. The molecule has 2 aromatic rings. The Kier molecular flexibility index (Phi) is 10.7. The second-order valence-corrected chi connectivity index (χ2v) is 22.6. The summed E-state index contributed by atoms with van der Waals surface area (Å²) >= 11 is 0. The number of nitrogens with zero attached hydrogens (tertiary/aromatic N) is 5. The third-order valence-electron chi connectivity index (χ3n) is 9.24. The zero-order valence-corrected chi connectivity index (χ0v) is 30.8. The first-order valence-corrected chi connectivity index (χ1v) is 20.2. The smallest absolute Gasteiger partial charge is 0.415 e. The lowest BCUT2D eigenvalue weighted by Gasteiger charge is -2.51. The van der Waals surface area contributed by atoms with Crippen molar-refractivity contribution in [1.82, 2.24) is 19.5 Å². The van der Waals surface area contributed by atoms with E-state index in [1.165, 1.54) is 29.8 Å². The standard InChI is InChI=1S/C30H53FN6O6Si2/c1-12-13-14-15-39-29(38)36(11)25-23-26(35-28(32)34-25)37(17-33-23)27-30(10,31)24-22(41-27)16-40-44(18(2)3,19(4)5)43-45(42-24,20(6)7)21(8)9/h17-22,24,27H,12-16H2,1-11H3,(H2,32,34,35)/t22-,24-,27-,30-/m1/s1. The minimum Gasteiger partial charge on any atom is -0.449 e. The molecule has 12 nitrogen and oxygen atoms in total. The van der Waals surface area contributed by atoms with Gasteiger partial charge in [0.2, 0.25) is 5.95 Å². The van der Waals surface area contributed by atoms with Gasteiger partial charge < -0.3 is 28.2 Å². The highest BCUT2D eigenvalue weighted by Gasteiger charge is 2.65. The lowest BCUT2D eigenvalue weighted by Crippen LogP contribution is -2.66. The fraction of sp³-hybridized carbons (Fsp3) is 0.800. The highest BCUT2D eigenvalue weighted by Crippen LogP contribution is 2.52. The monoisotopic (exact) mass is 668 g/mol. The van der Waals surface area contributed by atoms with E-state index in [0.717, 1.165) is 19.3 Å². The van der Waals surface area contributed by atoms with E-state index >= 15 is 4.39 Å². The van der Waals surface area contributed by atoms with Crippen LogP contribution in [0.4, 0.5) is 21.0 Å². The number of unbranched alkanes of at least 4 members (excludes halogenated alkanes) is 2. The summed E-state index contributed by atoms with van der Waals surface area (Å²) in [6.07, 6.45) is 0.715. The van der Waals surface area contributed by atoms with Crippen LogP contribution in [0.1, 0.15) is 94.7 Å². The van der Waals surface area contributed by atoms with Crippen molar-refractivity contribution in [2.45, 2.75) is 135 Å². The molecule has 0 saturated carbocycles. The van der Waals surface area contributed by atoms with Gasteiger partial charge >= 0.3 is 23.2 Å². The largest absolute Gasteiger partial charge is 0.449 e. The molecule has 0 radical (unpaired) electrons. The number of anilines is 2. The van der Waals surface area contributed by atoms with Gasteiger partial charge in [-0.2, -0.15) is 9.97 Å². The number of ether oxygens (including phenoxy) is 2. The first kappa shape index (κ1) is 35.7. The van der Waals surface area contributed by atoms with Crippen LogP contribution in [0.5, 0.6) is 0 Å². The average molecular weight is 669 g/mol. The summed E-state index contributed by atoms with van der Waals surface area (Å²) in [5, 5.41) is 0. The highest BCUT2D eigenvalue weighted by atomic mass is 28.5. The molecule has 2 aliphatic heterocycles.